The van der Waals surface area contributed by atoms with E-state index in [9.17, 15) is 0 Å². The lowest BCUT2D eigenvalue weighted by molar-refractivity contribution is 0.314. The van der Waals surface area contributed by atoms with Crippen LogP contribution in [0.2, 0.25) is 6.04 Å². The van der Waals surface area contributed by atoms with Gasteiger partial charge in [-0.15, -0.1) is 22.2 Å². The third-order valence-electron chi connectivity index (χ3n) is 5.13. The minimum Gasteiger partial charge on any atom is -0.392 e. The largest absolute Gasteiger partial charge is 0.392 e. The number of hydrogen-bond donors (Lipinski definition) is 0. The Kier molecular flexibility index (Phi) is 21.1. The number of rotatable bonds is 21. The Morgan fingerprint density at radius 3 is 1.23 bits per heavy atom. The average molecular weight is 426 g/mol. The molecule has 1 nitrogen and oxygen atoms in total. The molecule has 0 aliphatic carbocycles. The van der Waals surface area contributed by atoms with E-state index >= 15 is 0 Å². The van der Waals surface area contributed by atoms with Gasteiger partial charge in [-0.25, -0.2) is 0 Å². The molecule has 0 amide bonds. The summed E-state index contributed by atoms with van der Waals surface area (Å²) in [6.45, 7) is 2.77. The Labute approximate surface area is 175 Å². The molecule has 0 heterocycles. The minimum atomic E-state index is -2.40. The van der Waals surface area contributed by atoms with Crippen molar-refractivity contribution in [3.05, 3.63) is 0 Å². The zero-order chi connectivity index (χ0) is 19.3. The first kappa shape index (κ1) is 26.8. The molecule has 0 spiro atoms. The molecule has 4 heteroatoms. The topological polar surface area (TPSA) is 9.23 Å². The third kappa shape index (κ3) is 21.1. The summed E-state index contributed by atoms with van der Waals surface area (Å²) in [7, 11) is 0. The Balaban J connectivity index is 3.17. The third-order valence-corrected chi connectivity index (χ3v) is 8.48. The van der Waals surface area contributed by atoms with Crippen molar-refractivity contribution in [3.8, 4) is 0 Å². The highest BCUT2D eigenvalue weighted by Gasteiger charge is 2.29. The van der Waals surface area contributed by atoms with Crippen LogP contribution in [0.1, 0.15) is 129 Å². The summed E-state index contributed by atoms with van der Waals surface area (Å²) >= 11 is 12.6. The first-order chi connectivity index (χ1) is 12.6. The van der Waals surface area contributed by atoms with Crippen LogP contribution in [0.15, 0.2) is 0 Å². The lowest BCUT2D eigenvalue weighted by atomic mass is 10.0. The first-order valence-corrected chi connectivity index (χ1v) is 15.8. The summed E-state index contributed by atoms with van der Waals surface area (Å²) in [5.41, 5.74) is 0. The van der Waals surface area contributed by atoms with E-state index in [1.165, 1.54) is 96.3 Å². The molecule has 0 radical (unpaired) electrons. The number of hydrogen-bond acceptors (Lipinski definition) is 1. The molecule has 0 bridgehead atoms. The van der Waals surface area contributed by atoms with Crippen molar-refractivity contribution < 1.29 is 4.43 Å². The van der Waals surface area contributed by atoms with Crippen LogP contribution in [0.4, 0.5) is 0 Å². The van der Waals surface area contributed by atoms with Gasteiger partial charge in [-0.3, -0.25) is 0 Å². The zero-order valence-corrected chi connectivity index (χ0v) is 20.3. The van der Waals surface area contributed by atoms with E-state index in [-0.39, 0.29) is 0 Å². The fourth-order valence-electron chi connectivity index (χ4n) is 3.32. The van der Waals surface area contributed by atoms with Crippen LogP contribution < -0.4 is 0 Å². The molecule has 0 aliphatic heterocycles. The first-order valence-electron chi connectivity index (χ1n) is 11.6. The van der Waals surface area contributed by atoms with Gasteiger partial charge in [0, 0.05) is 6.61 Å². The second-order valence-corrected chi connectivity index (χ2v) is 14.2. The van der Waals surface area contributed by atoms with Crippen molar-refractivity contribution in [3.63, 3.8) is 0 Å². The van der Waals surface area contributed by atoms with Gasteiger partial charge < -0.3 is 4.43 Å². The summed E-state index contributed by atoms with van der Waals surface area (Å²) in [4.78, 5) is 0. The highest BCUT2D eigenvalue weighted by molar-refractivity contribution is 7.42. The predicted octanol–water partition coefficient (Wildman–Crippen LogP) is 9.48. The average Bonchev–Trinajstić information content (AvgIpc) is 2.61. The van der Waals surface area contributed by atoms with Crippen LogP contribution in [-0.2, 0) is 4.43 Å². The fraction of sp³-hybridized carbons (Fsp3) is 1.00. The maximum absolute atomic E-state index is 6.32. The summed E-state index contributed by atoms with van der Waals surface area (Å²) in [5, 5.41) is 0. The van der Waals surface area contributed by atoms with E-state index in [4.69, 9.17) is 26.6 Å². The molecule has 0 atom stereocenters. The van der Waals surface area contributed by atoms with Crippen LogP contribution in [0.3, 0.4) is 0 Å². The summed E-state index contributed by atoms with van der Waals surface area (Å²) in [5.74, 6) is 0. The van der Waals surface area contributed by atoms with Gasteiger partial charge in [-0.1, -0.05) is 123 Å². The molecule has 26 heavy (non-hydrogen) atoms. The second-order valence-electron chi connectivity index (χ2n) is 7.89. The maximum Gasteiger partial charge on any atom is 0.389 e. The van der Waals surface area contributed by atoms with Crippen LogP contribution in [0, 0.1) is 0 Å². The van der Waals surface area contributed by atoms with Crippen molar-refractivity contribution in [2.75, 3.05) is 6.61 Å². The minimum absolute atomic E-state index is 0.731. The lowest BCUT2D eigenvalue weighted by Crippen LogP contribution is -2.24. The monoisotopic (exact) mass is 424 g/mol. The quantitative estimate of drug-likeness (QED) is 0.101. The maximum atomic E-state index is 6.32. The highest BCUT2D eigenvalue weighted by Crippen LogP contribution is 2.25. The van der Waals surface area contributed by atoms with Gasteiger partial charge >= 0.3 is 6.94 Å². The fourth-order valence-corrected chi connectivity index (χ4v) is 5.83. The Morgan fingerprint density at radius 2 is 0.846 bits per heavy atom. The van der Waals surface area contributed by atoms with Crippen molar-refractivity contribution in [1.29, 1.82) is 0 Å². The van der Waals surface area contributed by atoms with Crippen molar-refractivity contribution in [1.82, 2.24) is 0 Å². The van der Waals surface area contributed by atoms with Crippen molar-refractivity contribution >= 4 is 29.1 Å². The smallest absolute Gasteiger partial charge is 0.389 e. The predicted molar refractivity (Wildman–Crippen MR) is 123 cm³/mol. The van der Waals surface area contributed by atoms with Gasteiger partial charge in [0.05, 0.1) is 0 Å². The SMILES string of the molecule is CCCCCCCCCCCCCCCCCC[Si](Cl)(Cl)OCCCC. The normalized spacial score (nSPS) is 12.0. The molecule has 0 rings (SSSR count). The Morgan fingerprint density at radius 1 is 0.500 bits per heavy atom. The molecule has 0 saturated carbocycles. The zero-order valence-electron chi connectivity index (χ0n) is 17.8. The van der Waals surface area contributed by atoms with Crippen LogP contribution in [-0.4, -0.2) is 13.5 Å². The lowest BCUT2D eigenvalue weighted by Gasteiger charge is -2.16. The van der Waals surface area contributed by atoms with Gasteiger partial charge in [-0.2, -0.15) is 0 Å². The van der Waals surface area contributed by atoms with Crippen LogP contribution in [0.25, 0.3) is 0 Å². The molecule has 0 N–H and O–H groups in total. The highest BCUT2D eigenvalue weighted by atomic mass is 35.7. The van der Waals surface area contributed by atoms with Crippen LogP contribution in [0.5, 0.6) is 0 Å². The molecule has 158 valence electrons. The van der Waals surface area contributed by atoms with E-state index in [1.54, 1.807) is 0 Å². The molecule has 0 aromatic heterocycles. The standard InChI is InChI=1S/C22H46Cl2OSi/c1-3-5-7-8-9-10-11-12-13-14-15-16-17-18-19-20-22-26(23,24)25-21-6-4-2/h3-22H2,1-2H3. The van der Waals surface area contributed by atoms with Gasteiger partial charge in [0.2, 0.25) is 0 Å². The van der Waals surface area contributed by atoms with Crippen molar-refractivity contribution in [2.45, 2.75) is 135 Å². The second kappa shape index (κ2) is 20.5. The summed E-state index contributed by atoms with van der Waals surface area (Å²) in [6, 6.07) is 0.887. The summed E-state index contributed by atoms with van der Waals surface area (Å²) in [6.07, 6.45) is 24.5. The van der Waals surface area contributed by atoms with Gasteiger partial charge in [0.1, 0.15) is 0 Å². The van der Waals surface area contributed by atoms with E-state index < -0.39 is 6.94 Å². The molecular weight excluding hydrogens is 379 g/mol. The molecule has 0 fully saturated rings. The van der Waals surface area contributed by atoms with Crippen molar-refractivity contribution in [2.24, 2.45) is 0 Å². The number of unbranched alkanes of at least 4 members (excludes halogenated alkanes) is 16. The van der Waals surface area contributed by atoms with Gasteiger partial charge in [-0.05, 0) is 12.5 Å². The van der Waals surface area contributed by atoms with E-state index in [0.29, 0.717) is 0 Å². The van der Waals surface area contributed by atoms with E-state index in [0.717, 1.165) is 31.9 Å². The van der Waals surface area contributed by atoms with E-state index in [2.05, 4.69) is 13.8 Å². The van der Waals surface area contributed by atoms with Gasteiger partial charge in [0.15, 0.2) is 0 Å². The molecule has 0 aromatic carbocycles. The molecule has 0 aromatic rings. The summed E-state index contributed by atoms with van der Waals surface area (Å²) < 4.78 is 5.66. The molecule has 0 aliphatic rings. The Bertz CT molecular complexity index is 275. The Hall–Kier alpha value is 0.757. The van der Waals surface area contributed by atoms with E-state index in [1.807, 2.05) is 0 Å². The number of halogens is 2. The van der Waals surface area contributed by atoms with Gasteiger partial charge in [0.25, 0.3) is 0 Å². The molecule has 0 saturated heterocycles. The molecular formula is C22H46Cl2OSi. The van der Waals surface area contributed by atoms with Crippen LogP contribution >= 0.6 is 22.2 Å². The molecule has 0 unspecified atom stereocenters.